The molecule has 1 heterocycles. The molecule has 3 aromatic rings. The highest BCUT2D eigenvalue weighted by molar-refractivity contribution is 5.90. The summed E-state index contributed by atoms with van der Waals surface area (Å²) in [6, 6.07) is 12.1. The molecule has 7 heteroatoms. The van der Waals surface area contributed by atoms with E-state index >= 15 is 0 Å². The van der Waals surface area contributed by atoms with Gasteiger partial charge in [0.05, 0.1) is 47.4 Å². The highest BCUT2D eigenvalue weighted by atomic mass is 35.5. The van der Waals surface area contributed by atoms with Crippen LogP contribution in [0.2, 0.25) is 0 Å². The molecule has 156 valence electrons. The predicted molar refractivity (Wildman–Crippen MR) is 107 cm³/mol. The van der Waals surface area contributed by atoms with Gasteiger partial charge in [0.25, 0.3) is 0 Å². The lowest BCUT2D eigenvalue weighted by Crippen LogP contribution is -3.00. The van der Waals surface area contributed by atoms with E-state index in [4.69, 9.17) is 23.7 Å². The second-order valence-electron chi connectivity index (χ2n) is 6.30. The van der Waals surface area contributed by atoms with Crippen LogP contribution in [0.15, 0.2) is 36.4 Å². The highest BCUT2D eigenvalue weighted by Crippen LogP contribution is 2.40. The van der Waals surface area contributed by atoms with E-state index < -0.39 is 0 Å². The minimum atomic E-state index is 0. The minimum absolute atomic E-state index is 0. The molecule has 0 atom stereocenters. The first-order chi connectivity index (χ1) is 13.6. The number of halogens is 1. The first-order valence-corrected chi connectivity index (χ1v) is 8.90. The number of ether oxygens (including phenoxy) is 5. The maximum atomic E-state index is 5.65. The molecule has 0 N–H and O–H groups in total. The lowest BCUT2D eigenvalue weighted by atomic mass is 10.0. The fourth-order valence-corrected chi connectivity index (χ4v) is 3.58. The van der Waals surface area contributed by atoms with Gasteiger partial charge >= 0.3 is 5.88 Å². The fraction of sp³-hybridized carbons (Fsp3) is 0.318. The van der Waals surface area contributed by atoms with Gasteiger partial charge in [-0.15, -0.1) is 0 Å². The van der Waals surface area contributed by atoms with E-state index in [1.807, 2.05) is 41.9 Å². The molecule has 0 aliphatic heterocycles. The number of rotatable bonds is 7. The third kappa shape index (κ3) is 3.98. The van der Waals surface area contributed by atoms with Crippen LogP contribution in [0.25, 0.3) is 10.8 Å². The molecule has 0 fully saturated rings. The van der Waals surface area contributed by atoms with E-state index in [-0.39, 0.29) is 12.4 Å². The van der Waals surface area contributed by atoms with Crippen LogP contribution in [0, 0.1) is 0 Å². The summed E-state index contributed by atoms with van der Waals surface area (Å²) in [6.07, 6.45) is 0.647. The first-order valence-electron chi connectivity index (χ1n) is 8.90. The lowest BCUT2D eigenvalue weighted by Gasteiger charge is -2.15. The topological polar surface area (TPSA) is 50.0 Å². The number of benzene rings is 2. The van der Waals surface area contributed by atoms with Gasteiger partial charge in [-0.1, -0.05) is 18.2 Å². The van der Waals surface area contributed by atoms with E-state index in [0.29, 0.717) is 35.3 Å². The van der Waals surface area contributed by atoms with Crippen molar-refractivity contribution in [3.8, 4) is 28.9 Å². The average Bonchev–Trinajstić information content (AvgIpc) is 2.74. The van der Waals surface area contributed by atoms with Crippen molar-refractivity contribution < 1.29 is 40.7 Å². The van der Waals surface area contributed by atoms with Crippen molar-refractivity contribution in [3.05, 3.63) is 47.7 Å². The smallest absolute Gasteiger partial charge is 0.411 e. The number of nitrogens with zero attached hydrogens (tertiary/aromatic N) is 1. The molecule has 3 rings (SSSR count). The Hall–Kier alpha value is -2.86. The number of hydrogen-bond donors (Lipinski definition) is 0. The van der Waals surface area contributed by atoms with Gasteiger partial charge in [0.2, 0.25) is 11.5 Å². The summed E-state index contributed by atoms with van der Waals surface area (Å²) in [5.74, 6) is 3.22. The first kappa shape index (κ1) is 22.4. The maximum Gasteiger partial charge on any atom is 0.411 e. The molecule has 0 saturated heterocycles. The number of methoxy groups -OCH3 is 5. The molecule has 29 heavy (non-hydrogen) atoms. The van der Waals surface area contributed by atoms with Gasteiger partial charge in [0.15, 0.2) is 17.2 Å². The predicted octanol–water partition coefficient (Wildman–Crippen LogP) is 0.302. The number of pyridine rings is 1. The molecule has 0 radical (unpaired) electrons. The number of hydrogen-bond acceptors (Lipinski definition) is 5. The Morgan fingerprint density at radius 1 is 0.724 bits per heavy atom. The zero-order valence-electron chi connectivity index (χ0n) is 17.5. The van der Waals surface area contributed by atoms with Crippen molar-refractivity contribution in [1.29, 1.82) is 0 Å². The molecule has 0 aliphatic carbocycles. The normalized spacial score (nSPS) is 10.3. The molecule has 0 aliphatic rings. The number of fused-ring (bicyclic) bond motifs is 1. The van der Waals surface area contributed by atoms with Crippen LogP contribution in [0.4, 0.5) is 0 Å². The van der Waals surface area contributed by atoms with Crippen molar-refractivity contribution in [1.82, 2.24) is 0 Å². The monoisotopic (exact) mass is 419 g/mol. The van der Waals surface area contributed by atoms with Crippen molar-refractivity contribution in [3.63, 3.8) is 0 Å². The van der Waals surface area contributed by atoms with Gasteiger partial charge in [0, 0.05) is 5.39 Å². The highest BCUT2D eigenvalue weighted by Gasteiger charge is 2.26. The minimum Gasteiger partial charge on any atom is -1.00 e. The van der Waals surface area contributed by atoms with Crippen LogP contribution in [0.3, 0.4) is 0 Å². The second kappa shape index (κ2) is 9.56. The van der Waals surface area contributed by atoms with Crippen LogP contribution in [0.5, 0.6) is 28.9 Å². The Morgan fingerprint density at radius 3 is 1.76 bits per heavy atom. The molecule has 0 spiro atoms. The van der Waals surface area contributed by atoms with Crippen LogP contribution in [-0.4, -0.2) is 35.5 Å². The SMILES string of the molecule is COc1cc(Cc2c3ccccc3c(OC)c(OC)[n+]2C)cc(OC)c1OC.[Cl-]. The summed E-state index contributed by atoms with van der Waals surface area (Å²) < 4.78 is 29.7. The van der Waals surface area contributed by atoms with Crippen LogP contribution < -0.4 is 40.7 Å². The van der Waals surface area contributed by atoms with E-state index in [1.165, 1.54) is 0 Å². The van der Waals surface area contributed by atoms with E-state index in [1.54, 1.807) is 35.5 Å². The summed E-state index contributed by atoms with van der Waals surface area (Å²) in [5, 5.41) is 2.10. The maximum absolute atomic E-state index is 5.65. The molecule has 0 amide bonds. The van der Waals surface area contributed by atoms with Crippen LogP contribution in [-0.2, 0) is 13.5 Å². The molecule has 0 saturated carbocycles. The summed E-state index contributed by atoms with van der Waals surface area (Å²) in [6.45, 7) is 0. The van der Waals surface area contributed by atoms with Crippen molar-refractivity contribution >= 4 is 10.8 Å². The van der Waals surface area contributed by atoms with Crippen molar-refractivity contribution in [2.75, 3.05) is 35.5 Å². The Kier molecular flexibility index (Phi) is 7.40. The Balaban J connectivity index is 0.00000300. The standard InChI is InChI=1S/C22H26NO5.ClH/c1-23-17(11-14-12-18(24-2)21(27-5)19(13-14)25-3)15-9-7-8-10-16(15)20(26-4)22(23)28-6;/h7-10,12-13H,11H2,1-6H3;1H/q+1;/p-1. The van der Waals surface area contributed by atoms with Gasteiger partial charge in [-0.3, -0.25) is 0 Å². The summed E-state index contributed by atoms with van der Waals surface area (Å²) in [4.78, 5) is 0. The summed E-state index contributed by atoms with van der Waals surface area (Å²) in [5.41, 5.74) is 2.12. The fourth-order valence-electron chi connectivity index (χ4n) is 3.58. The van der Waals surface area contributed by atoms with E-state index in [9.17, 15) is 0 Å². The third-order valence-electron chi connectivity index (χ3n) is 4.88. The average molecular weight is 420 g/mol. The van der Waals surface area contributed by atoms with Gasteiger partial charge in [0.1, 0.15) is 7.05 Å². The molecular weight excluding hydrogens is 394 g/mol. The summed E-state index contributed by atoms with van der Waals surface area (Å²) in [7, 11) is 10.1. The van der Waals surface area contributed by atoms with Gasteiger partial charge in [-0.2, -0.15) is 4.57 Å². The molecular formula is C22H26ClNO5. The molecule has 0 unspecified atom stereocenters. The molecule has 2 aromatic carbocycles. The van der Waals surface area contributed by atoms with Crippen molar-refractivity contribution in [2.45, 2.75) is 6.42 Å². The van der Waals surface area contributed by atoms with Gasteiger partial charge in [-0.05, 0) is 23.8 Å². The summed E-state index contributed by atoms with van der Waals surface area (Å²) >= 11 is 0. The van der Waals surface area contributed by atoms with Crippen LogP contribution >= 0.6 is 0 Å². The van der Waals surface area contributed by atoms with Gasteiger partial charge in [-0.25, -0.2) is 0 Å². The third-order valence-corrected chi connectivity index (χ3v) is 4.88. The Morgan fingerprint density at radius 2 is 1.28 bits per heavy atom. The molecule has 0 bridgehead atoms. The zero-order valence-corrected chi connectivity index (χ0v) is 18.3. The van der Waals surface area contributed by atoms with Crippen LogP contribution in [0.1, 0.15) is 11.3 Å². The van der Waals surface area contributed by atoms with Gasteiger partial charge < -0.3 is 36.1 Å². The van der Waals surface area contributed by atoms with E-state index in [2.05, 4.69) is 6.07 Å². The number of aromatic nitrogens is 1. The lowest BCUT2D eigenvalue weighted by molar-refractivity contribution is -0.682. The second-order valence-corrected chi connectivity index (χ2v) is 6.30. The Bertz CT molecular complexity index is 981. The molecule has 1 aromatic heterocycles. The Labute approximate surface area is 177 Å². The quantitative estimate of drug-likeness (QED) is 0.516. The van der Waals surface area contributed by atoms with E-state index in [0.717, 1.165) is 22.0 Å². The zero-order chi connectivity index (χ0) is 20.3. The van der Waals surface area contributed by atoms with Crippen molar-refractivity contribution in [2.24, 2.45) is 7.05 Å². The largest absolute Gasteiger partial charge is 1.00 e. The molecule has 6 nitrogen and oxygen atoms in total.